The highest BCUT2D eigenvalue weighted by Gasteiger charge is 2.39. The summed E-state index contributed by atoms with van der Waals surface area (Å²) in [4.78, 5) is 26.7. The molecule has 0 bridgehead atoms. The van der Waals surface area contributed by atoms with Crippen molar-refractivity contribution in [1.29, 1.82) is 0 Å². The predicted octanol–water partition coefficient (Wildman–Crippen LogP) is 1.93. The average molecular weight is 363 g/mol. The lowest BCUT2D eigenvalue weighted by molar-refractivity contribution is 0.0502. The average Bonchev–Trinajstić information content (AvgIpc) is 2.88. The van der Waals surface area contributed by atoms with Gasteiger partial charge in [0, 0.05) is 19.2 Å². The SMILES string of the molecule is COc1cc2c(cc1O)NC[C@@H]1C[C@@H](NC(=O)OC(C)(C)C)CN1C2=O. The van der Waals surface area contributed by atoms with E-state index in [0.717, 1.165) is 0 Å². The molecule has 8 heteroatoms. The fourth-order valence-electron chi connectivity index (χ4n) is 3.38. The molecule has 1 aromatic rings. The van der Waals surface area contributed by atoms with Crippen LogP contribution in [0.25, 0.3) is 0 Å². The molecule has 2 atom stereocenters. The maximum atomic E-state index is 13.0. The summed E-state index contributed by atoms with van der Waals surface area (Å²) in [6.07, 6.45) is 0.155. The molecule has 2 aliphatic heterocycles. The zero-order valence-corrected chi connectivity index (χ0v) is 15.5. The number of phenols is 1. The standard InChI is InChI=1S/C18H25N3O5/c1-18(2,3)26-17(24)20-10-5-11-8-19-13-7-14(22)15(25-4)6-12(13)16(23)21(11)9-10/h6-7,10-11,19,22H,5,8-9H2,1-4H3,(H,20,24)/t10-,11+/m1/s1. The van der Waals surface area contributed by atoms with Crippen LogP contribution in [0.1, 0.15) is 37.6 Å². The fraction of sp³-hybridized carbons (Fsp3) is 0.556. The molecule has 3 N–H and O–H groups in total. The summed E-state index contributed by atoms with van der Waals surface area (Å²) < 4.78 is 10.4. The van der Waals surface area contributed by atoms with Crippen molar-refractivity contribution >= 4 is 17.7 Å². The Bertz CT molecular complexity index is 728. The summed E-state index contributed by atoms with van der Waals surface area (Å²) in [5.41, 5.74) is 0.460. The van der Waals surface area contributed by atoms with Gasteiger partial charge in [0.25, 0.3) is 5.91 Å². The highest BCUT2D eigenvalue weighted by atomic mass is 16.6. The minimum absolute atomic E-state index is 0.0157. The largest absolute Gasteiger partial charge is 0.504 e. The van der Waals surface area contributed by atoms with Gasteiger partial charge in [-0.05, 0) is 33.3 Å². The molecule has 0 saturated carbocycles. The van der Waals surface area contributed by atoms with E-state index >= 15 is 0 Å². The third kappa shape index (κ3) is 3.63. The Morgan fingerprint density at radius 3 is 2.77 bits per heavy atom. The Morgan fingerprint density at radius 1 is 1.38 bits per heavy atom. The number of benzene rings is 1. The van der Waals surface area contributed by atoms with Crippen LogP contribution in [-0.2, 0) is 4.74 Å². The van der Waals surface area contributed by atoms with Crippen LogP contribution in [-0.4, -0.2) is 59.9 Å². The first kappa shape index (κ1) is 18.2. The number of amides is 2. The van der Waals surface area contributed by atoms with Crippen LogP contribution in [0.3, 0.4) is 0 Å². The van der Waals surface area contributed by atoms with Gasteiger partial charge in [0.15, 0.2) is 11.5 Å². The molecule has 142 valence electrons. The summed E-state index contributed by atoms with van der Waals surface area (Å²) >= 11 is 0. The molecular formula is C18H25N3O5. The number of alkyl carbamates (subject to hydrolysis) is 1. The molecule has 1 aromatic carbocycles. The van der Waals surface area contributed by atoms with Gasteiger partial charge in [0.05, 0.1) is 30.4 Å². The van der Waals surface area contributed by atoms with Gasteiger partial charge in [-0.25, -0.2) is 4.79 Å². The molecule has 2 heterocycles. The number of phenolic OH excluding ortho intramolecular Hbond substituents is 1. The second kappa shape index (κ2) is 6.59. The number of ether oxygens (including phenoxy) is 2. The monoisotopic (exact) mass is 363 g/mol. The van der Waals surface area contributed by atoms with Gasteiger partial charge >= 0.3 is 6.09 Å². The van der Waals surface area contributed by atoms with E-state index in [1.54, 1.807) is 4.90 Å². The number of rotatable bonds is 2. The first-order chi connectivity index (χ1) is 12.2. The number of carbonyl (C=O) groups excluding carboxylic acids is 2. The molecule has 3 rings (SSSR count). The molecule has 2 amide bonds. The fourth-order valence-corrected chi connectivity index (χ4v) is 3.38. The van der Waals surface area contributed by atoms with Crippen LogP contribution in [0.5, 0.6) is 11.5 Å². The smallest absolute Gasteiger partial charge is 0.407 e. The van der Waals surface area contributed by atoms with Crippen LogP contribution in [0.4, 0.5) is 10.5 Å². The van der Waals surface area contributed by atoms with Gasteiger partial charge in [0.1, 0.15) is 5.60 Å². The number of hydrogen-bond acceptors (Lipinski definition) is 6. The van der Waals surface area contributed by atoms with Crippen molar-refractivity contribution in [2.24, 2.45) is 0 Å². The Hall–Kier alpha value is -2.64. The Labute approximate surface area is 152 Å². The minimum atomic E-state index is -0.567. The molecule has 0 spiro atoms. The van der Waals surface area contributed by atoms with Crippen molar-refractivity contribution < 1.29 is 24.2 Å². The number of nitrogens with zero attached hydrogens (tertiary/aromatic N) is 1. The van der Waals surface area contributed by atoms with E-state index in [-0.39, 0.29) is 29.5 Å². The van der Waals surface area contributed by atoms with Crippen LogP contribution in [0.15, 0.2) is 12.1 Å². The normalized spacial score (nSPS) is 22.0. The molecule has 2 aliphatic rings. The van der Waals surface area contributed by atoms with Gasteiger partial charge < -0.3 is 30.1 Å². The van der Waals surface area contributed by atoms with Crippen LogP contribution in [0.2, 0.25) is 0 Å². The first-order valence-corrected chi connectivity index (χ1v) is 8.63. The molecule has 0 unspecified atom stereocenters. The molecule has 26 heavy (non-hydrogen) atoms. The van der Waals surface area contributed by atoms with E-state index in [9.17, 15) is 14.7 Å². The van der Waals surface area contributed by atoms with Gasteiger partial charge in [0.2, 0.25) is 0 Å². The number of nitrogens with one attached hydrogen (secondary N) is 2. The lowest BCUT2D eigenvalue weighted by Gasteiger charge is -2.22. The first-order valence-electron chi connectivity index (χ1n) is 8.63. The summed E-state index contributed by atoms with van der Waals surface area (Å²) in [7, 11) is 1.44. The third-order valence-electron chi connectivity index (χ3n) is 4.47. The quantitative estimate of drug-likeness (QED) is 0.742. The molecule has 0 aromatic heterocycles. The molecule has 0 aliphatic carbocycles. The van der Waals surface area contributed by atoms with Gasteiger partial charge in [-0.2, -0.15) is 0 Å². The van der Waals surface area contributed by atoms with Crippen LogP contribution >= 0.6 is 0 Å². The van der Waals surface area contributed by atoms with E-state index in [4.69, 9.17) is 9.47 Å². The summed E-state index contributed by atoms with van der Waals surface area (Å²) in [6.45, 7) is 6.37. The summed E-state index contributed by atoms with van der Waals surface area (Å²) in [6, 6.07) is 2.82. The molecule has 0 radical (unpaired) electrons. The third-order valence-corrected chi connectivity index (χ3v) is 4.47. The van der Waals surface area contributed by atoms with E-state index in [0.29, 0.717) is 30.8 Å². The van der Waals surface area contributed by atoms with Crippen LogP contribution in [0, 0.1) is 0 Å². The van der Waals surface area contributed by atoms with Gasteiger partial charge in [-0.3, -0.25) is 4.79 Å². The molecule has 1 fully saturated rings. The Morgan fingerprint density at radius 2 is 2.12 bits per heavy atom. The predicted molar refractivity (Wildman–Crippen MR) is 95.7 cm³/mol. The van der Waals surface area contributed by atoms with Crippen molar-refractivity contribution in [3.05, 3.63) is 17.7 Å². The highest BCUT2D eigenvalue weighted by Crippen LogP contribution is 2.36. The second-order valence-electron chi connectivity index (χ2n) is 7.64. The lowest BCUT2D eigenvalue weighted by atomic mass is 10.1. The maximum Gasteiger partial charge on any atom is 0.407 e. The minimum Gasteiger partial charge on any atom is -0.504 e. The number of hydrogen-bond donors (Lipinski definition) is 3. The van der Waals surface area contributed by atoms with Crippen molar-refractivity contribution in [1.82, 2.24) is 10.2 Å². The van der Waals surface area contributed by atoms with Crippen molar-refractivity contribution in [2.75, 3.05) is 25.5 Å². The summed E-state index contributed by atoms with van der Waals surface area (Å²) in [5, 5.41) is 16.0. The number of fused-ring (bicyclic) bond motifs is 2. The van der Waals surface area contributed by atoms with E-state index in [2.05, 4.69) is 10.6 Å². The Balaban J connectivity index is 1.74. The van der Waals surface area contributed by atoms with Crippen molar-refractivity contribution in [3.63, 3.8) is 0 Å². The Kier molecular flexibility index (Phi) is 4.60. The van der Waals surface area contributed by atoms with E-state index in [1.807, 2.05) is 20.8 Å². The second-order valence-corrected chi connectivity index (χ2v) is 7.64. The molecular weight excluding hydrogens is 338 g/mol. The lowest BCUT2D eigenvalue weighted by Crippen LogP contribution is -2.41. The zero-order valence-electron chi connectivity index (χ0n) is 15.5. The van der Waals surface area contributed by atoms with Crippen molar-refractivity contribution in [3.8, 4) is 11.5 Å². The topological polar surface area (TPSA) is 100 Å². The van der Waals surface area contributed by atoms with E-state index < -0.39 is 11.7 Å². The molecule has 1 saturated heterocycles. The highest BCUT2D eigenvalue weighted by molar-refractivity contribution is 6.01. The molecule has 8 nitrogen and oxygen atoms in total. The zero-order chi connectivity index (χ0) is 19.1. The number of methoxy groups -OCH3 is 1. The summed E-state index contributed by atoms with van der Waals surface area (Å²) in [5.74, 6) is 0.0832. The number of anilines is 1. The van der Waals surface area contributed by atoms with Crippen molar-refractivity contribution in [2.45, 2.75) is 44.9 Å². The van der Waals surface area contributed by atoms with Crippen LogP contribution < -0.4 is 15.4 Å². The number of aromatic hydroxyl groups is 1. The maximum absolute atomic E-state index is 13.0. The van der Waals surface area contributed by atoms with Gasteiger partial charge in [-0.15, -0.1) is 0 Å². The van der Waals surface area contributed by atoms with Gasteiger partial charge in [-0.1, -0.05) is 0 Å². The van der Waals surface area contributed by atoms with E-state index in [1.165, 1.54) is 19.2 Å². The number of carbonyl (C=O) groups is 2.